The second-order valence-corrected chi connectivity index (χ2v) is 5.27. The molecule has 2 heteroatoms. The summed E-state index contributed by atoms with van der Waals surface area (Å²) in [5.74, 6) is 0. The first-order valence-electron chi connectivity index (χ1n) is 5.93. The molecule has 0 radical (unpaired) electrons. The summed E-state index contributed by atoms with van der Waals surface area (Å²) in [6.07, 6.45) is 1.39. The number of aliphatic hydroxyl groups is 1. The molecule has 1 N–H and O–H groups in total. The van der Waals surface area contributed by atoms with E-state index >= 15 is 0 Å². The van der Waals surface area contributed by atoms with Crippen LogP contribution in [0.4, 0.5) is 0 Å². The van der Waals surface area contributed by atoms with Crippen molar-refractivity contribution in [2.75, 3.05) is 0 Å². The van der Waals surface area contributed by atoms with Gasteiger partial charge in [-0.3, -0.25) is 0 Å². The van der Waals surface area contributed by atoms with E-state index in [1.54, 1.807) is 11.3 Å². The van der Waals surface area contributed by atoms with Crippen LogP contribution in [0.2, 0.25) is 0 Å². The van der Waals surface area contributed by atoms with Gasteiger partial charge in [-0.2, -0.15) is 11.3 Å². The largest absolute Gasteiger partial charge is 0.388 e. The second kappa shape index (κ2) is 5.48. The molecule has 1 aromatic carbocycles. The Kier molecular flexibility index (Phi) is 3.97. The molecule has 2 aromatic rings. The minimum Gasteiger partial charge on any atom is -0.388 e. The van der Waals surface area contributed by atoms with Crippen LogP contribution in [-0.4, -0.2) is 5.11 Å². The number of thiophene rings is 1. The molecule has 0 spiro atoms. The first kappa shape index (κ1) is 12.3. The monoisotopic (exact) mass is 246 g/mol. The van der Waals surface area contributed by atoms with Crippen molar-refractivity contribution in [3.63, 3.8) is 0 Å². The molecular formula is C15H18OS. The molecular weight excluding hydrogens is 228 g/mol. The first-order chi connectivity index (χ1) is 8.18. The van der Waals surface area contributed by atoms with Gasteiger partial charge in [0.25, 0.3) is 0 Å². The van der Waals surface area contributed by atoms with Crippen molar-refractivity contribution in [2.24, 2.45) is 0 Å². The fourth-order valence-corrected chi connectivity index (χ4v) is 2.94. The van der Waals surface area contributed by atoms with Crippen molar-refractivity contribution in [1.82, 2.24) is 0 Å². The van der Waals surface area contributed by atoms with E-state index < -0.39 is 0 Å². The topological polar surface area (TPSA) is 20.2 Å². The van der Waals surface area contributed by atoms with Crippen molar-refractivity contribution in [3.05, 3.63) is 57.3 Å². The molecule has 90 valence electrons. The normalized spacial score (nSPS) is 12.6. The fraction of sp³-hybridized carbons (Fsp3) is 0.333. The molecule has 1 nitrogen and oxygen atoms in total. The summed E-state index contributed by atoms with van der Waals surface area (Å²) >= 11 is 1.71. The molecule has 0 fully saturated rings. The van der Waals surface area contributed by atoms with Gasteiger partial charge in [0.2, 0.25) is 0 Å². The molecule has 0 saturated heterocycles. The van der Waals surface area contributed by atoms with E-state index in [0.29, 0.717) is 0 Å². The Morgan fingerprint density at radius 3 is 2.47 bits per heavy atom. The van der Waals surface area contributed by atoms with E-state index in [4.69, 9.17) is 0 Å². The van der Waals surface area contributed by atoms with Gasteiger partial charge in [0, 0.05) is 0 Å². The number of rotatable bonds is 4. The third kappa shape index (κ3) is 2.96. The molecule has 0 saturated carbocycles. The van der Waals surface area contributed by atoms with Crippen LogP contribution < -0.4 is 0 Å². The summed E-state index contributed by atoms with van der Waals surface area (Å²) in [7, 11) is 0. The lowest BCUT2D eigenvalue weighted by Crippen LogP contribution is -2.04. The number of aliphatic hydroxyl groups excluding tert-OH is 1. The van der Waals surface area contributed by atoms with Crippen LogP contribution >= 0.6 is 11.3 Å². The molecule has 1 atom stereocenters. The highest BCUT2D eigenvalue weighted by atomic mass is 32.1. The summed E-state index contributed by atoms with van der Waals surface area (Å²) in [5, 5.41) is 14.5. The molecule has 0 aliphatic rings. The molecule has 0 aliphatic heterocycles. The quantitative estimate of drug-likeness (QED) is 0.863. The van der Waals surface area contributed by atoms with Crippen molar-refractivity contribution in [3.8, 4) is 0 Å². The molecule has 17 heavy (non-hydrogen) atoms. The smallest absolute Gasteiger partial charge is 0.0798 e. The average Bonchev–Trinajstić information content (AvgIpc) is 2.79. The summed E-state index contributed by atoms with van der Waals surface area (Å²) in [6.45, 7) is 4.13. The van der Waals surface area contributed by atoms with E-state index in [9.17, 15) is 5.11 Å². The molecule has 1 aromatic heterocycles. The highest BCUT2D eigenvalue weighted by Gasteiger charge is 2.12. The summed E-state index contributed by atoms with van der Waals surface area (Å²) < 4.78 is 0. The zero-order valence-electron chi connectivity index (χ0n) is 10.3. The summed E-state index contributed by atoms with van der Waals surface area (Å²) in [4.78, 5) is 0. The summed E-state index contributed by atoms with van der Waals surface area (Å²) in [6, 6.07) is 8.30. The number of benzene rings is 1. The van der Waals surface area contributed by atoms with Crippen molar-refractivity contribution in [2.45, 2.75) is 32.8 Å². The first-order valence-corrected chi connectivity index (χ1v) is 6.88. The second-order valence-electron chi connectivity index (χ2n) is 4.49. The molecule has 0 amide bonds. The Hall–Kier alpha value is -1.12. The predicted molar refractivity (Wildman–Crippen MR) is 73.5 cm³/mol. The summed E-state index contributed by atoms with van der Waals surface area (Å²) in [5.41, 5.74) is 4.79. The zero-order chi connectivity index (χ0) is 12.3. The van der Waals surface area contributed by atoms with Gasteiger partial charge in [0.1, 0.15) is 0 Å². The minimum atomic E-state index is -0.351. The Bertz CT molecular complexity index is 453. The van der Waals surface area contributed by atoms with Crippen LogP contribution in [-0.2, 0) is 6.42 Å². The standard InChI is InChI=1S/C15H18OS/c1-11-4-3-5-12(2)15(11)14(16)7-6-13-8-9-17-10-13/h3-5,8-10,14,16H,6-7H2,1-2H3. The van der Waals surface area contributed by atoms with Crippen LogP contribution in [0.3, 0.4) is 0 Å². The Morgan fingerprint density at radius 2 is 1.88 bits per heavy atom. The number of hydrogen-bond acceptors (Lipinski definition) is 2. The average molecular weight is 246 g/mol. The third-order valence-corrected chi connectivity index (χ3v) is 3.89. The maximum Gasteiger partial charge on any atom is 0.0798 e. The SMILES string of the molecule is Cc1cccc(C)c1C(O)CCc1ccsc1. The lowest BCUT2D eigenvalue weighted by Gasteiger charge is -2.16. The van der Waals surface area contributed by atoms with Crippen LogP contribution in [0.15, 0.2) is 35.0 Å². The Morgan fingerprint density at radius 1 is 1.18 bits per heavy atom. The van der Waals surface area contributed by atoms with Gasteiger partial charge in [0.05, 0.1) is 6.10 Å². The highest BCUT2D eigenvalue weighted by molar-refractivity contribution is 7.07. The van der Waals surface area contributed by atoms with Crippen LogP contribution in [0.5, 0.6) is 0 Å². The van der Waals surface area contributed by atoms with E-state index in [1.807, 2.05) is 6.07 Å². The maximum absolute atomic E-state index is 10.3. The maximum atomic E-state index is 10.3. The molecule has 1 unspecified atom stereocenters. The predicted octanol–water partition coefficient (Wildman–Crippen LogP) is 4.03. The Labute approximate surface area is 107 Å². The molecule has 0 bridgehead atoms. The highest BCUT2D eigenvalue weighted by Crippen LogP contribution is 2.25. The number of hydrogen-bond donors (Lipinski definition) is 1. The van der Waals surface area contributed by atoms with Gasteiger partial charge in [-0.1, -0.05) is 18.2 Å². The van der Waals surface area contributed by atoms with Gasteiger partial charge < -0.3 is 5.11 Å². The van der Waals surface area contributed by atoms with Gasteiger partial charge in [-0.15, -0.1) is 0 Å². The van der Waals surface area contributed by atoms with Crippen molar-refractivity contribution >= 4 is 11.3 Å². The fourth-order valence-electron chi connectivity index (χ4n) is 2.24. The van der Waals surface area contributed by atoms with Crippen molar-refractivity contribution in [1.29, 1.82) is 0 Å². The molecule has 0 aliphatic carbocycles. The zero-order valence-corrected chi connectivity index (χ0v) is 11.1. The van der Waals surface area contributed by atoms with E-state index in [0.717, 1.165) is 18.4 Å². The van der Waals surface area contributed by atoms with Gasteiger partial charge in [-0.25, -0.2) is 0 Å². The Balaban J connectivity index is 2.07. The van der Waals surface area contributed by atoms with E-state index in [-0.39, 0.29) is 6.10 Å². The molecule has 2 rings (SSSR count). The van der Waals surface area contributed by atoms with E-state index in [2.05, 4.69) is 42.8 Å². The lowest BCUT2D eigenvalue weighted by molar-refractivity contribution is 0.166. The molecule has 1 heterocycles. The lowest BCUT2D eigenvalue weighted by atomic mass is 9.94. The van der Waals surface area contributed by atoms with E-state index in [1.165, 1.54) is 16.7 Å². The van der Waals surface area contributed by atoms with Gasteiger partial charge >= 0.3 is 0 Å². The van der Waals surface area contributed by atoms with Crippen LogP contribution in [0.1, 0.15) is 34.8 Å². The van der Waals surface area contributed by atoms with Crippen LogP contribution in [0.25, 0.3) is 0 Å². The van der Waals surface area contributed by atoms with Gasteiger partial charge in [-0.05, 0) is 65.8 Å². The van der Waals surface area contributed by atoms with Crippen molar-refractivity contribution < 1.29 is 5.11 Å². The van der Waals surface area contributed by atoms with Gasteiger partial charge in [0.15, 0.2) is 0 Å². The number of aryl methyl sites for hydroxylation is 3. The third-order valence-electron chi connectivity index (χ3n) is 3.16. The minimum absolute atomic E-state index is 0.351. The van der Waals surface area contributed by atoms with Crippen LogP contribution in [0, 0.1) is 13.8 Å².